The van der Waals surface area contributed by atoms with Crippen molar-refractivity contribution in [2.24, 2.45) is 0 Å². The van der Waals surface area contributed by atoms with Crippen LogP contribution in [0.15, 0.2) is 35.1 Å². The first kappa shape index (κ1) is 15.5. The van der Waals surface area contributed by atoms with Gasteiger partial charge in [0.2, 0.25) is 0 Å². The van der Waals surface area contributed by atoms with Gasteiger partial charge in [-0.2, -0.15) is 0 Å². The number of benzene rings is 1. The number of ketones is 1. The van der Waals surface area contributed by atoms with E-state index >= 15 is 0 Å². The van der Waals surface area contributed by atoms with Gasteiger partial charge in [0, 0.05) is 10.6 Å². The van der Waals surface area contributed by atoms with Crippen molar-refractivity contribution in [3.8, 4) is 0 Å². The number of rotatable bonds is 4. The number of aromatic nitrogens is 1. The Balaban J connectivity index is 2.66. The molecule has 0 aliphatic carbocycles. The summed E-state index contributed by atoms with van der Waals surface area (Å²) in [6.07, 6.45) is 0. The van der Waals surface area contributed by atoms with Crippen LogP contribution in [0.5, 0.6) is 0 Å². The molecule has 0 aliphatic rings. The van der Waals surface area contributed by atoms with Gasteiger partial charge in [0.15, 0.2) is 5.78 Å². The Hall–Kier alpha value is -2.93. The molecule has 112 valence electrons. The van der Waals surface area contributed by atoms with Crippen molar-refractivity contribution in [1.82, 2.24) is 4.98 Å². The number of aromatic carboxylic acids is 2. The third kappa shape index (κ3) is 2.89. The lowest BCUT2D eigenvalue weighted by Gasteiger charge is -2.06. The summed E-state index contributed by atoms with van der Waals surface area (Å²) in [5.41, 5.74) is -2.81. The van der Waals surface area contributed by atoms with Crippen LogP contribution in [0, 0.1) is 0 Å². The van der Waals surface area contributed by atoms with Gasteiger partial charge in [-0.15, -0.1) is 0 Å². The fraction of sp³-hybridized carbons (Fsp3) is 0. The number of hydrogen-bond donors (Lipinski definition) is 3. The summed E-state index contributed by atoms with van der Waals surface area (Å²) < 4.78 is 0. The lowest BCUT2D eigenvalue weighted by atomic mass is 10.00. The summed E-state index contributed by atoms with van der Waals surface area (Å²) in [6, 6.07) is 6.34. The summed E-state index contributed by atoms with van der Waals surface area (Å²) in [5, 5.41) is 18.4. The van der Waals surface area contributed by atoms with Crippen molar-refractivity contribution in [3.63, 3.8) is 0 Å². The minimum atomic E-state index is -1.57. The van der Waals surface area contributed by atoms with Crippen LogP contribution in [-0.2, 0) is 0 Å². The van der Waals surface area contributed by atoms with Crippen LogP contribution >= 0.6 is 11.6 Å². The van der Waals surface area contributed by atoms with Crippen molar-refractivity contribution in [2.75, 3.05) is 0 Å². The van der Waals surface area contributed by atoms with Gasteiger partial charge in [0.25, 0.3) is 5.56 Å². The third-order valence-electron chi connectivity index (χ3n) is 2.84. The van der Waals surface area contributed by atoms with Crippen LogP contribution < -0.4 is 5.56 Å². The first-order chi connectivity index (χ1) is 10.3. The number of H-pyrrole nitrogens is 1. The largest absolute Gasteiger partial charge is 0.477 e. The first-order valence-electron chi connectivity index (χ1n) is 5.85. The van der Waals surface area contributed by atoms with E-state index in [2.05, 4.69) is 0 Å². The van der Waals surface area contributed by atoms with E-state index in [9.17, 15) is 19.2 Å². The van der Waals surface area contributed by atoms with E-state index in [1.54, 1.807) is 0 Å². The van der Waals surface area contributed by atoms with Gasteiger partial charge in [0.1, 0.15) is 11.3 Å². The third-order valence-corrected chi connectivity index (χ3v) is 3.09. The number of halogens is 1. The van der Waals surface area contributed by atoms with Gasteiger partial charge in [-0.25, -0.2) is 9.59 Å². The number of pyridine rings is 1. The number of hydrogen-bond acceptors (Lipinski definition) is 4. The Morgan fingerprint density at radius 2 is 1.55 bits per heavy atom. The minimum absolute atomic E-state index is 0.107. The Bertz CT molecular complexity index is 837. The second-order valence-corrected chi connectivity index (χ2v) is 4.68. The minimum Gasteiger partial charge on any atom is -0.477 e. The van der Waals surface area contributed by atoms with E-state index in [0.717, 1.165) is 6.07 Å². The quantitative estimate of drug-likeness (QED) is 0.735. The molecular formula is C14H8ClNO6. The van der Waals surface area contributed by atoms with Gasteiger partial charge >= 0.3 is 11.9 Å². The van der Waals surface area contributed by atoms with Crippen molar-refractivity contribution < 1.29 is 24.6 Å². The maximum Gasteiger partial charge on any atom is 0.353 e. The highest BCUT2D eigenvalue weighted by Crippen LogP contribution is 2.16. The molecule has 0 saturated carbocycles. The van der Waals surface area contributed by atoms with Crippen LogP contribution in [-0.4, -0.2) is 32.9 Å². The molecule has 8 heteroatoms. The van der Waals surface area contributed by atoms with E-state index < -0.39 is 40.1 Å². The van der Waals surface area contributed by atoms with Crippen LogP contribution in [0.3, 0.4) is 0 Å². The van der Waals surface area contributed by atoms with E-state index in [0.29, 0.717) is 5.02 Å². The number of nitrogens with one attached hydrogen (secondary N) is 1. The molecule has 0 spiro atoms. The van der Waals surface area contributed by atoms with Gasteiger partial charge in [-0.3, -0.25) is 9.59 Å². The van der Waals surface area contributed by atoms with Crippen molar-refractivity contribution in [3.05, 3.63) is 68.1 Å². The molecule has 2 aromatic rings. The molecule has 0 atom stereocenters. The SMILES string of the molecule is O=C(c1ccc(Cl)cc1)c1cc(C(=O)O)c(=O)[nH]c1C(=O)O. The molecule has 7 nitrogen and oxygen atoms in total. The predicted molar refractivity (Wildman–Crippen MR) is 75.9 cm³/mol. The molecule has 1 aromatic carbocycles. The topological polar surface area (TPSA) is 125 Å². The summed E-state index contributed by atoms with van der Waals surface area (Å²) in [4.78, 5) is 47.9. The highest BCUT2D eigenvalue weighted by Gasteiger charge is 2.23. The van der Waals surface area contributed by atoms with Crippen LogP contribution in [0.4, 0.5) is 0 Å². The number of carbonyl (C=O) groups is 3. The average Bonchev–Trinajstić information content (AvgIpc) is 2.46. The van der Waals surface area contributed by atoms with Gasteiger partial charge in [-0.05, 0) is 30.3 Å². The number of carboxylic acids is 2. The molecule has 0 fully saturated rings. The van der Waals surface area contributed by atoms with Gasteiger partial charge in [0.05, 0.1) is 5.56 Å². The van der Waals surface area contributed by atoms with Crippen LogP contribution in [0.2, 0.25) is 5.02 Å². The Kier molecular flexibility index (Phi) is 4.09. The first-order valence-corrected chi connectivity index (χ1v) is 6.23. The van der Waals surface area contributed by atoms with Crippen molar-refractivity contribution in [1.29, 1.82) is 0 Å². The van der Waals surface area contributed by atoms with Gasteiger partial charge in [-0.1, -0.05) is 11.6 Å². The smallest absolute Gasteiger partial charge is 0.353 e. The Morgan fingerprint density at radius 1 is 0.955 bits per heavy atom. The summed E-state index contributed by atoms with van der Waals surface area (Å²) in [6.45, 7) is 0. The average molecular weight is 322 g/mol. The molecule has 0 unspecified atom stereocenters. The molecule has 1 aromatic heterocycles. The van der Waals surface area contributed by atoms with E-state index in [1.165, 1.54) is 24.3 Å². The van der Waals surface area contributed by atoms with Crippen molar-refractivity contribution in [2.45, 2.75) is 0 Å². The number of carbonyl (C=O) groups excluding carboxylic acids is 1. The molecule has 0 amide bonds. The monoisotopic (exact) mass is 321 g/mol. The molecular weight excluding hydrogens is 314 g/mol. The number of aromatic amines is 1. The van der Waals surface area contributed by atoms with E-state index in [1.807, 2.05) is 4.98 Å². The molecule has 0 bridgehead atoms. The summed E-state index contributed by atoms with van der Waals surface area (Å²) in [7, 11) is 0. The lowest BCUT2D eigenvalue weighted by molar-refractivity contribution is 0.0672. The van der Waals surface area contributed by atoms with E-state index in [4.69, 9.17) is 21.8 Å². The highest BCUT2D eigenvalue weighted by molar-refractivity contribution is 6.30. The summed E-state index contributed by atoms with van der Waals surface area (Å²) >= 11 is 5.70. The second-order valence-electron chi connectivity index (χ2n) is 4.25. The molecule has 0 radical (unpaired) electrons. The zero-order valence-corrected chi connectivity index (χ0v) is 11.5. The molecule has 0 saturated heterocycles. The highest BCUT2D eigenvalue weighted by atomic mass is 35.5. The Morgan fingerprint density at radius 3 is 2.05 bits per heavy atom. The molecule has 3 N–H and O–H groups in total. The normalized spacial score (nSPS) is 10.2. The zero-order valence-electron chi connectivity index (χ0n) is 10.8. The molecule has 2 rings (SSSR count). The fourth-order valence-corrected chi connectivity index (χ4v) is 1.92. The predicted octanol–water partition coefficient (Wildman–Crippen LogP) is 1.66. The van der Waals surface area contributed by atoms with Crippen LogP contribution in [0.25, 0.3) is 0 Å². The molecule has 22 heavy (non-hydrogen) atoms. The van der Waals surface area contributed by atoms with E-state index in [-0.39, 0.29) is 5.56 Å². The maximum absolute atomic E-state index is 12.3. The van der Waals surface area contributed by atoms with Crippen molar-refractivity contribution >= 4 is 29.3 Å². The van der Waals surface area contributed by atoms with Gasteiger partial charge < -0.3 is 15.2 Å². The maximum atomic E-state index is 12.3. The Labute approximate surface area is 127 Å². The standard InChI is InChI=1S/C14H8ClNO6/c15-7-3-1-6(2-4-7)11(17)8-5-9(13(19)20)12(18)16-10(8)14(21)22/h1-5H,(H,16,18)(H,19,20)(H,21,22). The lowest BCUT2D eigenvalue weighted by Crippen LogP contribution is -2.24. The zero-order chi connectivity index (χ0) is 16.4. The van der Waals surface area contributed by atoms with Crippen LogP contribution in [0.1, 0.15) is 36.8 Å². The second kappa shape index (κ2) is 5.82. The molecule has 1 heterocycles. The fourth-order valence-electron chi connectivity index (χ4n) is 1.79. The molecule has 0 aliphatic heterocycles. The summed E-state index contributed by atoms with van der Waals surface area (Å²) in [5.74, 6) is -3.86. The number of carboxylic acid groups (broad SMARTS) is 2.